The molecule has 0 bridgehead atoms. The summed E-state index contributed by atoms with van der Waals surface area (Å²) >= 11 is 5.67. The van der Waals surface area contributed by atoms with E-state index < -0.39 is 5.30 Å². The Labute approximate surface area is 74.5 Å². The molecule has 0 fully saturated rings. The topological polar surface area (TPSA) is 95.2 Å². The van der Waals surface area contributed by atoms with Crippen molar-refractivity contribution in [2.75, 3.05) is 6.16 Å². The van der Waals surface area contributed by atoms with Gasteiger partial charge in [0.05, 0.1) is 0 Å². The molecular weight excluding hydrogens is 195 g/mol. The fourth-order valence-corrected chi connectivity index (χ4v) is 1.25. The average molecular weight is 200 g/mol. The molecule has 0 aromatic heterocycles. The van der Waals surface area contributed by atoms with Gasteiger partial charge in [0.2, 0.25) is 0 Å². The summed E-state index contributed by atoms with van der Waals surface area (Å²) < 4.78 is 0. The molecule has 0 aliphatic carbocycles. The summed E-state index contributed by atoms with van der Waals surface area (Å²) in [4.78, 5) is 0. The first-order valence-electron chi connectivity index (χ1n) is 2.98. The van der Waals surface area contributed by atoms with Gasteiger partial charge in [-0.15, -0.1) is 0 Å². The molecule has 0 atom stereocenters. The van der Waals surface area contributed by atoms with Crippen LogP contribution in [-0.4, -0.2) is 6.16 Å². The summed E-state index contributed by atoms with van der Waals surface area (Å²) in [6.45, 7) is 1.39. The zero-order valence-electron chi connectivity index (χ0n) is 6.32. The first kappa shape index (κ1) is 10.7. The molecule has 0 N–H and O–H groups in total. The minimum atomic E-state index is -5.15. The zero-order valence-corrected chi connectivity index (χ0v) is 7.97. The molecule has 6 heteroatoms. The number of nitrogens with zero attached hydrogens (tertiary/aromatic N) is 4. The number of hydrogen-bond acceptors (Lipinski definition) is 4. The second-order valence-corrected chi connectivity index (χ2v) is 10.2. The van der Waals surface area contributed by atoms with E-state index in [4.69, 9.17) is 32.3 Å². The van der Waals surface area contributed by atoms with Gasteiger partial charge in [-0.05, 0) is 0 Å². The van der Waals surface area contributed by atoms with Crippen molar-refractivity contribution in [1.29, 1.82) is 21.0 Å². The van der Waals surface area contributed by atoms with Gasteiger partial charge in [0.1, 0.15) is 0 Å². The molecule has 0 aliphatic rings. The Balaban J connectivity index is 6.23. The molecule has 0 unspecified atom stereocenters. The van der Waals surface area contributed by atoms with Crippen LogP contribution in [0.25, 0.3) is 0 Å². The van der Waals surface area contributed by atoms with Gasteiger partial charge in [-0.3, -0.25) is 0 Å². The van der Waals surface area contributed by atoms with E-state index in [9.17, 15) is 0 Å². The summed E-state index contributed by atoms with van der Waals surface area (Å²) in [7, 11) is 0. The summed E-state index contributed by atoms with van der Waals surface area (Å²) in [5.41, 5.74) is 0. The van der Waals surface area contributed by atoms with Crippen LogP contribution in [0.1, 0.15) is 6.92 Å². The van der Waals surface area contributed by atoms with Crippen molar-refractivity contribution in [2.24, 2.45) is 0 Å². The predicted molar refractivity (Wildman–Crippen MR) is 45.8 cm³/mol. The Morgan fingerprint density at radius 3 is 1.25 bits per heavy atom. The summed E-state index contributed by atoms with van der Waals surface area (Å²) in [5.74, 6) is 5.69. The summed E-state index contributed by atoms with van der Waals surface area (Å²) in [5, 5.41) is 29.6. The number of rotatable bonds is 1. The fourth-order valence-electron chi connectivity index (χ4n) is 0.417. The Bertz CT molecular complexity index is 328. The van der Waals surface area contributed by atoms with Gasteiger partial charge in [-0.1, -0.05) is 0 Å². The third-order valence-electron chi connectivity index (χ3n) is 1.79. The van der Waals surface area contributed by atoms with Crippen LogP contribution in [-0.2, 0) is 0 Å². The van der Waals surface area contributed by atoms with Gasteiger partial charge in [0, 0.05) is 0 Å². The molecule has 0 heterocycles. The van der Waals surface area contributed by atoms with Gasteiger partial charge in [-0.2, -0.15) is 0 Å². The predicted octanol–water partition coefficient (Wildman–Crippen LogP) is 2.17. The van der Waals surface area contributed by atoms with Crippen molar-refractivity contribution in [3.63, 3.8) is 0 Å². The molecule has 0 aromatic carbocycles. The Morgan fingerprint density at radius 2 is 1.25 bits per heavy atom. The molecule has 0 aliphatic heterocycles. The van der Waals surface area contributed by atoms with Gasteiger partial charge < -0.3 is 0 Å². The molecule has 0 rings (SSSR count). The molecule has 0 amide bonds. The zero-order chi connectivity index (χ0) is 9.94. The molecule has 4 nitrogen and oxygen atoms in total. The molecule has 0 saturated heterocycles. The normalized spacial score (nSPS) is 15.2. The van der Waals surface area contributed by atoms with Crippen LogP contribution in [0.4, 0.5) is 0 Å². The second-order valence-electron chi connectivity index (χ2n) is 2.48. The Hall–Kier alpha value is -1.32. The van der Waals surface area contributed by atoms with E-state index in [-0.39, 0.29) is 6.16 Å². The van der Waals surface area contributed by atoms with Crippen molar-refractivity contribution in [3.8, 4) is 23.2 Å². The molecule has 62 valence electrons. The van der Waals surface area contributed by atoms with Crippen LogP contribution in [0.3, 0.4) is 0 Å². The van der Waals surface area contributed by atoms with Crippen LogP contribution < -0.4 is 0 Å². The van der Waals surface area contributed by atoms with Crippen LogP contribution in [0.5, 0.6) is 0 Å². The van der Waals surface area contributed by atoms with Gasteiger partial charge in [-0.25, -0.2) is 0 Å². The Morgan fingerprint density at radius 1 is 1.00 bits per heavy atom. The number of hydrogen-bond donors (Lipinski definition) is 0. The first-order valence-corrected chi connectivity index (χ1v) is 6.75. The van der Waals surface area contributed by atoms with E-state index in [1.165, 1.54) is 30.2 Å². The third-order valence-corrected chi connectivity index (χ3v) is 6.98. The quantitative estimate of drug-likeness (QED) is 0.605. The molecule has 12 heavy (non-hydrogen) atoms. The van der Waals surface area contributed by atoms with Crippen LogP contribution in [0.15, 0.2) is 0 Å². The van der Waals surface area contributed by atoms with E-state index in [2.05, 4.69) is 0 Å². The monoisotopic (exact) mass is 199 g/mol. The molecule has 0 saturated carbocycles. The van der Waals surface area contributed by atoms with Gasteiger partial charge >= 0.3 is 73.9 Å². The van der Waals surface area contributed by atoms with Crippen molar-refractivity contribution in [3.05, 3.63) is 0 Å². The minimum absolute atomic E-state index is 0.244. The average Bonchev–Trinajstić information content (AvgIpc) is 2.19. The van der Waals surface area contributed by atoms with Crippen molar-refractivity contribution in [2.45, 2.75) is 6.92 Å². The molecular formula is C6H5ClN4P-. The van der Waals surface area contributed by atoms with E-state index in [1.54, 1.807) is 0 Å². The van der Waals surface area contributed by atoms with E-state index in [1.807, 2.05) is 0 Å². The fraction of sp³-hybridized carbons (Fsp3) is 0.333. The first-order chi connectivity index (χ1) is 5.39. The second kappa shape index (κ2) is 2.09. The maximum absolute atomic E-state index is 8.70. The van der Waals surface area contributed by atoms with E-state index >= 15 is 0 Å². The SMILES string of the molecule is CC[P-](Cl)(C#N)(C#N)(C#N)C#N. The summed E-state index contributed by atoms with van der Waals surface area (Å²) in [6, 6.07) is 0. The van der Waals surface area contributed by atoms with Crippen LogP contribution in [0.2, 0.25) is 0 Å². The third kappa shape index (κ3) is 0.913. The standard InChI is InChI=1S/C6H5ClN4P/c1-2-12(7,3-8,4-9,5-10)6-11/h2H2,1H3/q-1. The van der Waals surface area contributed by atoms with Crippen molar-refractivity contribution < 1.29 is 0 Å². The molecule has 0 spiro atoms. The van der Waals surface area contributed by atoms with E-state index in [0.29, 0.717) is 0 Å². The van der Waals surface area contributed by atoms with Crippen molar-refractivity contribution in [1.82, 2.24) is 0 Å². The molecule has 0 aromatic rings. The van der Waals surface area contributed by atoms with Crippen LogP contribution >= 0.6 is 16.5 Å². The number of nitriles is 4. The Kier molecular flexibility index (Phi) is 1.86. The summed E-state index contributed by atoms with van der Waals surface area (Å²) in [6.07, 6.45) is -0.244. The van der Waals surface area contributed by atoms with E-state index in [0.717, 1.165) is 0 Å². The molecule has 0 radical (unpaired) electrons. The number of halogens is 1. The van der Waals surface area contributed by atoms with Gasteiger partial charge in [0.15, 0.2) is 0 Å². The van der Waals surface area contributed by atoms with Crippen LogP contribution in [0, 0.1) is 44.3 Å². The van der Waals surface area contributed by atoms with Crippen molar-refractivity contribution >= 4 is 16.5 Å². The maximum atomic E-state index is 8.70. The van der Waals surface area contributed by atoms with Gasteiger partial charge in [0.25, 0.3) is 0 Å².